The number of rotatable bonds is 4. The second-order valence-corrected chi connectivity index (χ2v) is 4.11. The van der Waals surface area contributed by atoms with Crippen molar-refractivity contribution in [3.05, 3.63) is 29.8 Å². The second kappa shape index (κ2) is 8.44. The SMILES string of the molecule is CCCOc1ccccc1C(=N)OC.O=S(=O)(O)F. The van der Waals surface area contributed by atoms with Gasteiger partial charge in [-0.1, -0.05) is 22.9 Å². The first kappa shape index (κ1) is 17.3. The normalized spacial score (nSPS) is 10.1. The maximum atomic E-state index is 10.2. The van der Waals surface area contributed by atoms with E-state index in [1.165, 1.54) is 7.11 Å². The van der Waals surface area contributed by atoms with Gasteiger partial charge >= 0.3 is 10.5 Å². The lowest BCUT2D eigenvalue weighted by Crippen LogP contribution is -2.05. The van der Waals surface area contributed by atoms with Gasteiger partial charge in [0.15, 0.2) is 0 Å². The summed E-state index contributed by atoms with van der Waals surface area (Å²) in [5, 5.41) is 7.55. The largest absolute Gasteiger partial charge is 0.493 e. The number of halogens is 1. The third-order valence-electron chi connectivity index (χ3n) is 1.80. The Morgan fingerprint density at radius 1 is 1.42 bits per heavy atom. The molecule has 19 heavy (non-hydrogen) atoms. The summed E-state index contributed by atoms with van der Waals surface area (Å²) in [5.41, 5.74) is 0.698. The molecule has 0 fully saturated rings. The van der Waals surface area contributed by atoms with Crippen molar-refractivity contribution in [3.63, 3.8) is 0 Å². The summed E-state index contributed by atoms with van der Waals surface area (Å²) in [7, 11) is -3.68. The zero-order valence-corrected chi connectivity index (χ0v) is 11.4. The number of hydrogen-bond donors (Lipinski definition) is 2. The highest BCUT2D eigenvalue weighted by Crippen LogP contribution is 2.18. The Hall–Kier alpha value is -1.67. The molecule has 1 aromatic rings. The molecule has 6 nitrogen and oxygen atoms in total. The summed E-state index contributed by atoms with van der Waals surface area (Å²) in [6.07, 6.45) is 0.953. The smallest absolute Gasteiger partial charge is 0.435 e. The van der Waals surface area contributed by atoms with Gasteiger partial charge in [-0.25, -0.2) is 0 Å². The Bertz CT molecular complexity index is 496. The van der Waals surface area contributed by atoms with Crippen LogP contribution in [0.5, 0.6) is 5.75 Å². The fourth-order valence-electron chi connectivity index (χ4n) is 1.10. The van der Waals surface area contributed by atoms with Gasteiger partial charge in [-0.05, 0) is 18.6 Å². The predicted octanol–water partition coefficient (Wildman–Crippen LogP) is 2.21. The molecule has 0 aliphatic rings. The van der Waals surface area contributed by atoms with Gasteiger partial charge < -0.3 is 9.47 Å². The molecular weight excluding hydrogens is 277 g/mol. The Morgan fingerprint density at radius 3 is 2.42 bits per heavy atom. The van der Waals surface area contributed by atoms with E-state index in [4.69, 9.17) is 27.9 Å². The van der Waals surface area contributed by atoms with Gasteiger partial charge in [0, 0.05) is 0 Å². The molecule has 0 heterocycles. The molecule has 0 amide bonds. The van der Waals surface area contributed by atoms with Crippen molar-refractivity contribution in [2.75, 3.05) is 13.7 Å². The Balaban J connectivity index is 0.000000555. The van der Waals surface area contributed by atoms with E-state index in [-0.39, 0.29) is 5.90 Å². The molecule has 0 saturated carbocycles. The lowest BCUT2D eigenvalue weighted by atomic mass is 10.2. The van der Waals surface area contributed by atoms with E-state index < -0.39 is 10.5 Å². The number of hydrogen-bond acceptors (Lipinski definition) is 5. The molecule has 0 bridgehead atoms. The van der Waals surface area contributed by atoms with Crippen LogP contribution in [0.2, 0.25) is 0 Å². The molecule has 0 unspecified atom stereocenters. The molecule has 0 aliphatic heterocycles. The van der Waals surface area contributed by atoms with Gasteiger partial charge in [-0.2, -0.15) is 8.42 Å². The minimum atomic E-state index is -5.17. The Kier molecular flexibility index (Phi) is 7.69. The molecule has 2 N–H and O–H groups in total. The predicted molar refractivity (Wildman–Crippen MR) is 68.7 cm³/mol. The van der Waals surface area contributed by atoms with E-state index in [1.807, 2.05) is 31.2 Å². The standard InChI is InChI=1S/C11H15NO2.FHO3S/c1-3-8-14-10-7-5-4-6-9(10)11(12)13-2;1-5(2,3)4/h4-7,12H,3,8H2,1-2H3;(H,2,3,4). The highest BCUT2D eigenvalue weighted by Gasteiger charge is 2.07. The molecule has 1 aromatic carbocycles. The van der Waals surface area contributed by atoms with Gasteiger partial charge in [-0.3, -0.25) is 9.96 Å². The van der Waals surface area contributed by atoms with Crippen molar-refractivity contribution in [1.82, 2.24) is 0 Å². The van der Waals surface area contributed by atoms with Gasteiger partial charge in [0.25, 0.3) is 0 Å². The van der Waals surface area contributed by atoms with Crippen LogP contribution in [0.1, 0.15) is 18.9 Å². The zero-order valence-electron chi connectivity index (χ0n) is 10.6. The van der Waals surface area contributed by atoms with Crippen LogP contribution in [0, 0.1) is 5.41 Å². The molecule has 0 atom stereocenters. The molecular formula is C11H16FNO5S. The summed E-state index contributed by atoms with van der Waals surface area (Å²) in [4.78, 5) is 0. The van der Waals surface area contributed by atoms with Crippen molar-refractivity contribution in [3.8, 4) is 5.75 Å². The number of nitrogens with one attached hydrogen (secondary N) is 1. The van der Waals surface area contributed by atoms with Crippen molar-refractivity contribution in [2.24, 2.45) is 0 Å². The van der Waals surface area contributed by atoms with Crippen molar-refractivity contribution in [2.45, 2.75) is 13.3 Å². The summed E-state index contributed by atoms with van der Waals surface area (Å²) in [6.45, 7) is 2.71. The number of para-hydroxylation sites is 1. The summed E-state index contributed by atoms with van der Waals surface area (Å²) in [6, 6.07) is 7.41. The van der Waals surface area contributed by atoms with E-state index in [9.17, 15) is 3.89 Å². The topological polar surface area (TPSA) is 96.7 Å². The second-order valence-electron chi connectivity index (χ2n) is 3.29. The van der Waals surface area contributed by atoms with Gasteiger partial charge in [0.2, 0.25) is 5.90 Å². The first-order valence-corrected chi connectivity index (χ1v) is 6.65. The van der Waals surface area contributed by atoms with Crippen LogP contribution in [0.3, 0.4) is 0 Å². The molecule has 108 valence electrons. The minimum absolute atomic E-state index is 0.136. The average Bonchev–Trinajstić information content (AvgIpc) is 2.33. The monoisotopic (exact) mass is 293 g/mol. The molecule has 0 radical (unpaired) electrons. The summed E-state index contributed by atoms with van der Waals surface area (Å²) < 4.78 is 44.4. The van der Waals surface area contributed by atoms with Gasteiger partial charge in [0.05, 0.1) is 19.3 Å². The lowest BCUT2D eigenvalue weighted by molar-refractivity contribution is 0.314. The van der Waals surface area contributed by atoms with Crippen molar-refractivity contribution < 1.29 is 26.3 Å². The van der Waals surface area contributed by atoms with Gasteiger partial charge in [-0.15, -0.1) is 0 Å². The van der Waals surface area contributed by atoms with Crippen LogP contribution in [0.4, 0.5) is 3.89 Å². The number of methoxy groups -OCH3 is 1. The highest BCUT2D eigenvalue weighted by molar-refractivity contribution is 7.80. The van der Waals surface area contributed by atoms with E-state index in [0.29, 0.717) is 17.9 Å². The van der Waals surface area contributed by atoms with Crippen molar-refractivity contribution >= 4 is 16.4 Å². The molecule has 0 spiro atoms. The third-order valence-corrected chi connectivity index (χ3v) is 1.80. The van der Waals surface area contributed by atoms with E-state index in [0.717, 1.165) is 6.42 Å². The Morgan fingerprint density at radius 2 is 1.95 bits per heavy atom. The van der Waals surface area contributed by atoms with Crippen LogP contribution in [-0.4, -0.2) is 32.6 Å². The fraction of sp³-hybridized carbons (Fsp3) is 0.364. The third kappa shape index (κ3) is 8.97. The Labute approximate surface area is 111 Å². The zero-order chi connectivity index (χ0) is 14.9. The van der Waals surface area contributed by atoms with Crippen molar-refractivity contribution in [1.29, 1.82) is 5.41 Å². The van der Waals surface area contributed by atoms with Crippen LogP contribution in [0.15, 0.2) is 24.3 Å². The first-order chi connectivity index (χ1) is 8.79. The number of benzene rings is 1. The molecule has 8 heteroatoms. The average molecular weight is 293 g/mol. The fourth-order valence-corrected chi connectivity index (χ4v) is 1.10. The van der Waals surface area contributed by atoms with E-state index in [1.54, 1.807) is 0 Å². The molecule has 0 saturated heterocycles. The summed E-state index contributed by atoms with van der Waals surface area (Å²) in [5.74, 6) is 0.845. The van der Waals surface area contributed by atoms with Crippen LogP contribution < -0.4 is 4.74 Å². The number of ether oxygens (including phenoxy) is 2. The maximum Gasteiger partial charge on any atom is 0.435 e. The highest BCUT2D eigenvalue weighted by atomic mass is 32.3. The van der Waals surface area contributed by atoms with E-state index >= 15 is 0 Å². The quantitative estimate of drug-likeness (QED) is 0.384. The molecule has 0 aromatic heterocycles. The van der Waals surface area contributed by atoms with Gasteiger partial charge in [0.1, 0.15) is 5.75 Å². The van der Waals surface area contributed by atoms with Crippen LogP contribution in [0.25, 0.3) is 0 Å². The molecule has 1 rings (SSSR count). The van der Waals surface area contributed by atoms with E-state index in [2.05, 4.69) is 0 Å². The van der Waals surface area contributed by atoms with Crippen LogP contribution >= 0.6 is 0 Å². The minimum Gasteiger partial charge on any atom is -0.493 e. The first-order valence-electron chi connectivity index (χ1n) is 5.31. The molecule has 0 aliphatic carbocycles. The maximum absolute atomic E-state index is 10.2. The van der Waals surface area contributed by atoms with Crippen LogP contribution in [-0.2, 0) is 15.2 Å². The summed E-state index contributed by atoms with van der Waals surface area (Å²) >= 11 is 0. The lowest BCUT2D eigenvalue weighted by Gasteiger charge is -2.10.